The van der Waals surface area contributed by atoms with Crippen molar-refractivity contribution in [2.24, 2.45) is 11.1 Å². The quantitative estimate of drug-likeness (QED) is 0.872. The highest BCUT2D eigenvalue weighted by molar-refractivity contribution is 7.11. The lowest BCUT2D eigenvalue weighted by atomic mass is 9.85. The lowest BCUT2D eigenvalue weighted by Gasteiger charge is -2.27. The van der Waals surface area contributed by atoms with Gasteiger partial charge in [0.15, 0.2) is 0 Å². The molecule has 0 saturated carbocycles. The van der Waals surface area contributed by atoms with Gasteiger partial charge in [-0.05, 0) is 31.4 Å². The molecule has 1 rings (SSSR count). The van der Waals surface area contributed by atoms with Crippen molar-refractivity contribution in [1.29, 1.82) is 0 Å². The number of nitrogens with two attached hydrogens (primary N) is 1. The highest BCUT2D eigenvalue weighted by Gasteiger charge is 2.23. The molecule has 1 aromatic heterocycles. The molecule has 0 aliphatic carbocycles. The molecule has 0 saturated heterocycles. The number of hydrogen-bond acceptors (Lipinski definition) is 3. The van der Waals surface area contributed by atoms with Gasteiger partial charge in [0.2, 0.25) is 5.91 Å². The third kappa shape index (κ3) is 5.74. The number of rotatable bonds is 5. The van der Waals surface area contributed by atoms with Gasteiger partial charge in [0, 0.05) is 34.7 Å². The number of thiophene rings is 1. The Kier molecular flexibility index (Phi) is 5.56. The molecule has 0 aliphatic heterocycles. The zero-order chi connectivity index (χ0) is 14.6. The van der Waals surface area contributed by atoms with Crippen LogP contribution in [-0.4, -0.2) is 18.0 Å². The van der Waals surface area contributed by atoms with Crippen molar-refractivity contribution < 1.29 is 4.79 Å². The average molecular weight is 282 g/mol. The van der Waals surface area contributed by atoms with Crippen LogP contribution < -0.4 is 11.1 Å². The highest BCUT2D eigenvalue weighted by Crippen LogP contribution is 2.20. The van der Waals surface area contributed by atoms with Crippen LogP contribution in [0, 0.1) is 12.3 Å². The van der Waals surface area contributed by atoms with E-state index in [2.05, 4.69) is 45.1 Å². The third-order valence-electron chi connectivity index (χ3n) is 3.23. The summed E-state index contributed by atoms with van der Waals surface area (Å²) >= 11 is 1.79. The molecule has 1 aromatic rings. The van der Waals surface area contributed by atoms with Gasteiger partial charge in [0.05, 0.1) is 0 Å². The van der Waals surface area contributed by atoms with Gasteiger partial charge < -0.3 is 11.1 Å². The summed E-state index contributed by atoms with van der Waals surface area (Å²) in [6.45, 7) is 10.3. The first-order valence-corrected chi connectivity index (χ1v) is 7.60. The predicted molar refractivity (Wildman–Crippen MR) is 82.4 cm³/mol. The molecular formula is C15H26N2OS. The Bertz CT molecular complexity index is 420. The molecule has 3 N–H and O–H groups in total. The number of nitrogens with one attached hydrogen (secondary N) is 1. The number of carbonyl (C=O) groups is 1. The van der Waals surface area contributed by atoms with E-state index in [1.54, 1.807) is 11.3 Å². The molecule has 1 heterocycles. The summed E-state index contributed by atoms with van der Waals surface area (Å²) in [4.78, 5) is 14.5. The molecule has 0 fully saturated rings. The minimum absolute atomic E-state index is 0.0363. The summed E-state index contributed by atoms with van der Waals surface area (Å²) < 4.78 is 0. The van der Waals surface area contributed by atoms with Gasteiger partial charge in [-0.2, -0.15) is 0 Å². The van der Waals surface area contributed by atoms with Crippen LogP contribution in [-0.2, 0) is 11.2 Å². The van der Waals surface area contributed by atoms with Gasteiger partial charge in [-0.3, -0.25) is 4.79 Å². The van der Waals surface area contributed by atoms with Crippen LogP contribution >= 0.6 is 11.3 Å². The third-order valence-corrected chi connectivity index (χ3v) is 4.25. The van der Waals surface area contributed by atoms with Crippen LogP contribution in [0.4, 0.5) is 0 Å². The van der Waals surface area contributed by atoms with Crippen LogP contribution in [0.1, 0.15) is 43.9 Å². The summed E-state index contributed by atoms with van der Waals surface area (Å²) in [6, 6.07) is 4.29. The van der Waals surface area contributed by atoms with Crippen LogP contribution in [0.5, 0.6) is 0 Å². The Morgan fingerprint density at radius 1 is 1.42 bits per heavy atom. The van der Waals surface area contributed by atoms with Gasteiger partial charge >= 0.3 is 0 Å². The molecule has 4 heteroatoms. The van der Waals surface area contributed by atoms with E-state index in [1.807, 2.05) is 6.92 Å². The molecular weight excluding hydrogens is 256 g/mol. The van der Waals surface area contributed by atoms with E-state index in [9.17, 15) is 4.79 Å². The van der Waals surface area contributed by atoms with E-state index in [1.165, 1.54) is 9.75 Å². The Labute approximate surface area is 120 Å². The van der Waals surface area contributed by atoms with Crippen molar-refractivity contribution in [3.05, 3.63) is 21.9 Å². The monoisotopic (exact) mass is 282 g/mol. The second-order valence-electron chi connectivity index (χ2n) is 6.36. The first-order chi connectivity index (χ1) is 8.68. The van der Waals surface area contributed by atoms with Gasteiger partial charge in [0.1, 0.15) is 0 Å². The normalized spacial score (nSPS) is 15.1. The van der Waals surface area contributed by atoms with E-state index in [-0.39, 0.29) is 23.4 Å². The molecule has 0 aromatic carbocycles. The Hall–Kier alpha value is -0.870. The van der Waals surface area contributed by atoms with Crippen molar-refractivity contribution in [1.82, 2.24) is 5.32 Å². The Balaban J connectivity index is 2.40. The molecule has 0 bridgehead atoms. The van der Waals surface area contributed by atoms with E-state index in [0.29, 0.717) is 6.42 Å². The largest absolute Gasteiger partial charge is 0.353 e. The molecule has 1 amide bonds. The molecule has 0 radical (unpaired) electrons. The van der Waals surface area contributed by atoms with Gasteiger partial charge in [0.25, 0.3) is 0 Å². The first kappa shape index (κ1) is 16.2. The fourth-order valence-corrected chi connectivity index (χ4v) is 2.81. The maximum Gasteiger partial charge on any atom is 0.221 e. The van der Waals surface area contributed by atoms with Crippen LogP contribution in [0.15, 0.2) is 12.1 Å². The van der Waals surface area contributed by atoms with E-state index >= 15 is 0 Å². The lowest BCUT2D eigenvalue weighted by Crippen LogP contribution is -2.42. The summed E-state index contributed by atoms with van der Waals surface area (Å²) in [5.74, 6) is 0.0446. The number of amides is 1. The summed E-state index contributed by atoms with van der Waals surface area (Å²) in [5, 5.41) is 3.03. The standard InChI is InChI=1S/C15H26N2OS/c1-10(8-12-7-6-11(2)19-12)17-14(18)9-13(16)15(3,4)5/h6-7,10,13H,8-9,16H2,1-5H3,(H,17,18). The minimum Gasteiger partial charge on any atom is -0.353 e. The van der Waals surface area contributed by atoms with Crippen molar-refractivity contribution in [3.63, 3.8) is 0 Å². The van der Waals surface area contributed by atoms with E-state index < -0.39 is 0 Å². The first-order valence-electron chi connectivity index (χ1n) is 6.78. The maximum absolute atomic E-state index is 11.9. The number of carbonyl (C=O) groups excluding carboxylic acids is 1. The fraction of sp³-hybridized carbons (Fsp3) is 0.667. The smallest absolute Gasteiger partial charge is 0.221 e. The zero-order valence-corrected chi connectivity index (χ0v) is 13.4. The SMILES string of the molecule is Cc1ccc(CC(C)NC(=O)CC(N)C(C)(C)C)s1. The number of aryl methyl sites for hydroxylation is 1. The Morgan fingerprint density at radius 3 is 2.53 bits per heavy atom. The molecule has 19 heavy (non-hydrogen) atoms. The van der Waals surface area contributed by atoms with Crippen LogP contribution in [0.25, 0.3) is 0 Å². The molecule has 2 unspecified atom stereocenters. The van der Waals surface area contributed by atoms with Gasteiger partial charge in [-0.15, -0.1) is 11.3 Å². The zero-order valence-electron chi connectivity index (χ0n) is 12.6. The second kappa shape index (κ2) is 6.53. The van der Waals surface area contributed by atoms with Crippen molar-refractivity contribution in [2.45, 2.75) is 59.5 Å². The predicted octanol–water partition coefficient (Wildman–Crippen LogP) is 2.87. The topological polar surface area (TPSA) is 55.1 Å². The van der Waals surface area contributed by atoms with E-state index in [4.69, 9.17) is 5.73 Å². The molecule has 3 nitrogen and oxygen atoms in total. The van der Waals surface area contributed by atoms with Crippen molar-refractivity contribution in [3.8, 4) is 0 Å². The summed E-state index contributed by atoms with van der Waals surface area (Å²) in [5.41, 5.74) is 5.99. The summed E-state index contributed by atoms with van der Waals surface area (Å²) in [7, 11) is 0. The van der Waals surface area contributed by atoms with Gasteiger partial charge in [-0.25, -0.2) is 0 Å². The van der Waals surface area contributed by atoms with Crippen LogP contribution in [0.2, 0.25) is 0 Å². The molecule has 108 valence electrons. The summed E-state index contributed by atoms with van der Waals surface area (Å²) in [6.07, 6.45) is 1.27. The maximum atomic E-state index is 11.9. The molecule has 0 aliphatic rings. The minimum atomic E-state index is -0.108. The Morgan fingerprint density at radius 2 is 2.05 bits per heavy atom. The number of hydrogen-bond donors (Lipinski definition) is 2. The lowest BCUT2D eigenvalue weighted by molar-refractivity contribution is -0.122. The molecule has 2 atom stereocenters. The second-order valence-corrected chi connectivity index (χ2v) is 7.73. The van der Waals surface area contributed by atoms with Crippen molar-refractivity contribution >= 4 is 17.2 Å². The molecule has 0 spiro atoms. The highest BCUT2D eigenvalue weighted by atomic mass is 32.1. The van der Waals surface area contributed by atoms with E-state index in [0.717, 1.165) is 6.42 Å². The van der Waals surface area contributed by atoms with Crippen LogP contribution in [0.3, 0.4) is 0 Å². The van der Waals surface area contributed by atoms with Gasteiger partial charge in [-0.1, -0.05) is 20.8 Å². The van der Waals surface area contributed by atoms with Crippen molar-refractivity contribution in [2.75, 3.05) is 0 Å². The average Bonchev–Trinajstić information content (AvgIpc) is 2.61. The fourth-order valence-electron chi connectivity index (χ4n) is 1.79.